The summed E-state index contributed by atoms with van der Waals surface area (Å²) in [5, 5.41) is 0. The standard InChI is InChI=1S/C25H39F3O2/c1-15(5-8-21(29)30-4)18-6-7-19-22-20(10-12-24(18,19)3)23(2)11-9-17(26)13-16(23)14-25(22,27)28/h15-20,22H,5-14H2,1-4H3/t15-,16+,17+,18?,19+,20+,22+,23?,24-/m1/s1. The van der Waals surface area contributed by atoms with Crippen LogP contribution in [0.25, 0.3) is 0 Å². The number of hydrogen-bond acceptors (Lipinski definition) is 2. The molecule has 2 unspecified atom stereocenters. The predicted octanol–water partition coefficient (Wildman–Crippen LogP) is 6.82. The lowest BCUT2D eigenvalue weighted by Crippen LogP contribution is -2.60. The van der Waals surface area contributed by atoms with E-state index in [1.807, 2.05) is 0 Å². The first kappa shape index (κ1) is 22.5. The molecular weight excluding hydrogens is 389 g/mol. The molecule has 172 valence electrons. The minimum absolute atomic E-state index is 0.0148. The largest absolute Gasteiger partial charge is 0.469 e. The van der Waals surface area contributed by atoms with Crippen LogP contribution in [-0.4, -0.2) is 25.2 Å². The number of ether oxygens (including phenoxy) is 1. The molecule has 4 fully saturated rings. The number of alkyl halides is 3. The molecule has 30 heavy (non-hydrogen) atoms. The zero-order valence-corrected chi connectivity index (χ0v) is 19.1. The first-order chi connectivity index (χ1) is 14.0. The quantitative estimate of drug-likeness (QED) is 0.459. The highest BCUT2D eigenvalue weighted by Crippen LogP contribution is 2.71. The lowest BCUT2D eigenvalue weighted by molar-refractivity contribution is -0.236. The van der Waals surface area contributed by atoms with E-state index in [2.05, 4.69) is 20.8 Å². The van der Waals surface area contributed by atoms with Crippen LogP contribution in [0.2, 0.25) is 0 Å². The molecule has 5 heteroatoms. The van der Waals surface area contributed by atoms with Gasteiger partial charge in [0.2, 0.25) is 0 Å². The van der Waals surface area contributed by atoms with Gasteiger partial charge in [-0.25, -0.2) is 13.2 Å². The van der Waals surface area contributed by atoms with E-state index in [4.69, 9.17) is 4.74 Å². The van der Waals surface area contributed by atoms with Gasteiger partial charge in [0.25, 0.3) is 5.92 Å². The van der Waals surface area contributed by atoms with Gasteiger partial charge >= 0.3 is 5.97 Å². The third kappa shape index (κ3) is 3.41. The second-order valence-electron chi connectivity index (χ2n) is 11.6. The van der Waals surface area contributed by atoms with Crippen LogP contribution in [0.15, 0.2) is 0 Å². The average molecular weight is 429 g/mol. The molecule has 0 spiro atoms. The Morgan fingerprint density at radius 3 is 2.43 bits per heavy atom. The molecule has 4 saturated carbocycles. The first-order valence-corrected chi connectivity index (χ1v) is 12.1. The molecular formula is C25H39F3O2. The number of hydrogen-bond donors (Lipinski definition) is 0. The zero-order chi connectivity index (χ0) is 21.9. The van der Waals surface area contributed by atoms with E-state index in [1.54, 1.807) is 0 Å². The predicted molar refractivity (Wildman–Crippen MR) is 111 cm³/mol. The Labute approximate surface area is 179 Å². The van der Waals surface area contributed by atoms with Gasteiger partial charge in [-0.15, -0.1) is 0 Å². The third-order valence-electron chi connectivity index (χ3n) is 10.4. The van der Waals surface area contributed by atoms with Crippen molar-refractivity contribution in [3.05, 3.63) is 0 Å². The van der Waals surface area contributed by atoms with Crippen molar-refractivity contribution in [3.8, 4) is 0 Å². The second-order valence-corrected chi connectivity index (χ2v) is 11.6. The van der Waals surface area contributed by atoms with Gasteiger partial charge in [0, 0.05) is 18.8 Å². The number of rotatable bonds is 4. The van der Waals surface area contributed by atoms with Crippen LogP contribution in [0.3, 0.4) is 0 Å². The molecule has 0 saturated heterocycles. The highest BCUT2D eigenvalue weighted by Gasteiger charge is 2.68. The Balaban J connectivity index is 1.57. The van der Waals surface area contributed by atoms with E-state index in [1.165, 1.54) is 7.11 Å². The molecule has 0 radical (unpaired) electrons. The highest BCUT2D eigenvalue weighted by atomic mass is 19.3. The van der Waals surface area contributed by atoms with Crippen molar-refractivity contribution in [2.75, 3.05) is 7.11 Å². The fourth-order valence-corrected chi connectivity index (χ4v) is 8.73. The SMILES string of the molecule is COC(=O)CC[C@@H](C)C1CC[C@H]2[C@H]3[C@H](CC[C@]12C)C1(C)CC[C@H](F)C[C@H]1CC3(F)F. The van der Waals surface area contributed by atoms with Crippen molar-refractivity contribution in [1.82, 2.24) is 0 Å². The summed E-state index contributed by atoms with van der Waals surface area (Å²) in [5.74, 6) is -2.86. The Morgan fingerprint density at radius 1 is 1.07 bits per heavy atom. The normalized spacial score (nSPS) is 48.2. The average Bonchev–Trinajstić information content (AvgIpc) is 3.04. The maximum atomic E-state index is 15.7. The van der Waals surface area contributed by atoms with Crippen molar-refractivity contribution >= 4 is 5.97 Å². The summed E-state index contributed by atoms with van der Waals surface area (Å²) in [5.41, 5.74) is -0.217. The zero-order valence-electron chi connectivity index (χ0n) is 19.1. The Hall–Kier alpha value is -0.740. The molecule has 0 aromatic heterocycles. The molecule has 0 N–H and O–H groups in total. The smallest absolute Gasteiger partial charge is 0.305 e. The lowest BCUT2D eigenvalue weighted by atomic mass is 9.43. The summed E-state index contributed by atoms with van der Waals surface area (Å²) < 4.78 is 50.2. The van der Waals surface area contributed by atoms with Gasteiger partial charge in [0.15, 0.2) is 0 Å². The first-order valence-electron chi connectivity index (χ1n) is 12.1. The third-order valence-corrected chi connectivity index (χ3v) is 10.4. The van der Waals surface area contributed by atoms with Crippen LogP contribution in [0.4, 0.5) is 13.2 Å². The van der Waals surface area contributed by atoms with Gasteiger partial charge in [0.05, 0.1) is 7.11 Å². The molecule has 0 aromatic rings. The molecule has 4 aliphatic carbocycles. The Kier molecular flexibility index (Phi) is 5.76. The van der Waals surface area contributed by atoms with E-state index >= 15 is 8.78 Å². The summed E-state index contributed by atoms with van der Waals surface area (Å²) in [6.07, 6.45) is 5.45. The summed E-state index contributed by atoms with van der Waals surface area (Å²) in [6.45, 7) is 6.64. The van der Waals surface area contributed by atoms with Crippen molar-refractivity contribution in [3.63, 3.8) is 0 Å². The van der Waals surface area contributed by atoms with Crippen molar-refractivity contribution in [2.45, 2.75) is 97.1 Å². The number of carbonyl (C=O) groups excluding carboxylic acids is 1. The molecule has 0 heterocycles. The molecule has 0 bridgehead atoms. The number of carbonyl (C=O) groups is 1. The monoisotopic (exact) mass is 428 g/mol. The van der Waals surface area contributed by atoms with Crippen LogP contribution in [0.1, 0.15) is 85.0 Å². The van der Waals surface area contributed by atoms with E-state index in [-0.39, 0.29) is 41.0 Å². The Morgan fingerprint density at radius 2 is 1.73 bits per heavy atom. The maximum absolute atomic E-state index is 15.7. The van der Waals surface area contributed by atoms with E-state index in [0.717, 1.165) is 38.5 Å². The lowest BCUT2D eigenvalue weighted by Gasteiger charge is -2.62. The van der Waals surface area contributed by atoms with Gasteiger partial charge in [-0.2, -0.15) is 0 Å². The van der Waals surface area contributed by atoms with Crippen LogP contribution < -0.4 is 0 Å². The van der Waals surface area contributed by atoms with Crippen LogP contribution in [-0.2, 0) is 9.53 Å². The number of halogens is 3. The van der Waals surface area contributed by atoms with Gasteiger partial charge in [-0.1, -0.05) is 20.8 Å². The topological polar surface area (TPSA) is 26.3 Å². The van der Waals surface area contributed by atoms with Gasteiger partial charge < -0.3 is 4.74 Å². The number of esters is 1. The molecule has 0 aromatic carbocycles. The molecule has 0 amide bonds. The van der Waals surface area contributed by atoms with Crippen LogP contribution in [0, 0.1) is 46.3 Å². The molecule has 0 aliphatic heterocycles. The fourth-order valence-electron chi connectivity index (χ4n) is 8.73. The summed E-state index contributed by atoms with van der Waals surface area (Å²) in [6, 6.07) is 0. The number of methoxy groups -OCH3 is 1. The van der Waals surface area contributed by atoms with Crippen molar-refractivity contribution < 1.29 is 22.7 Å². The van der Waals surface area contributed by atoms with E-state index in [9.17, 15) is 9.18 Å². The van der Waals surface area contributed by atoms with Crippen LogP contribution >= 0.6 is 0 Å². The van der Waals surface area contributed by atoms with Gasteiger partial charge in [-0.3, -0.25) is 4.79 Å². The van der Waals surface area contributed by atoms with Gasteiger partial charge in [-0.05, 0) is 91.8 Å². The van der Waals surface area contributed by atoms with Crippen molar-refractivity contribution in [1.29, 1.82) is 0 Å². The molecule has 4 aliphatic rings. The minimum atomic E-state index is -2.69. The number of fused-ring (bicyclic) bond motifs is 5. The summed E-state index contributed by atoms with van der Waals surface area (Å²) >= 11 is 0. The summed E-state index contributed by atoms with van der Waals surface area (Å²) in [7, 11) is 1.41. The van der Waals surface area contributed by atoms with E-state index < -0.39 is 18.0 Å². The molecule has 2 nitrogen and oxygen atoms in total. The highest BCUT2D eigenvalue weighted by molar-refractivity contribution is 5.69. The second kappa shape index (κ2) is 7.69. The molecule has 9 atom stereocenters. The maximum Gasteiger partial charge on any atom is 0.305 e. The van der Waals surface area contributed by atoms with E-state index in [0.29, 0.717) is 31.1 Å². The summed E-state index contributed by atoms with van der Waals surface area (Å²) in [4.78, 5) is 11.6. The Bertz CT molecular complexity index is 667. The molecule has 4 rings (SSSR count). The van der Waals surface area contributed by atoms with Crippen LogP contribution in [0.5, 0.6) is 0 Å². The van der Waals surface area contributed by atoms with Gasteiger partial charge in [0.1, 0.15) is 6.17 Å². The minimum Gasteiger partial charge on any atom is -0.469 e. The van der Waals surface area contributed by atoms with Crippen molar-refractivity contribution in [2.24, 2.45) is 46.3 Å². The fraction of sp³-hybridized carbons (Fsp3) is 0.960.